The summed E-state index contributed by atoms with van der Waals surface area (Å²) in [5.74, 6) is 1.72. The molecule has 18 heavy (non-hydrogen) atoms. The standard InChI is InChI=1S/C14H23N3O/c1-15-14-9-13(3-6-16-14)11-17(2)10-12-4-7-18-8-5-12/h3,6,9,12H,4-5,7-8,10-11H2,1-2H3,(H,15,16). The largest absolute Gasteiger partial charge is 0.381 e. The van der Waals surface area contributed by atoms with E-state index in [1.807, 2.05) is 13.2 Å². The molecule has 1 aliphatic rings. The minimum atomic E-state index is 0.786. The SMILES string of the molecule is CNc1cc(CN(C)CC2CCOCC2)ccn1. The lowest BCUT2D eigenvalue weighted by Crippen LogP contribution is -2.29. The molecule has 1 fully saturated rings. The Kier molecular flexibility index (Phi) is 4.96. The fourth-order valence-electron chi connectivity index (χ4n) is 2.46. The predicted molar refractivity (Wildman–Crippen MR) is 73.7 cm³/mol. The Labute approximate surface area is 109 Å². The van der Waals surface area contributed by atoms with Gasteiger partial charge in [-0.15, -0.1) is 0 Å². The van der Waals surface area contributed by atoms with Crippen LogP contribution in [0.15, 0.2) is 18.3 Å². The van der Waals surface area contributed by atoms with Crippen LogP contribution in [0.2, 0.25) is 0 Å². The molecule has 2 rings (SSSR count). The van der Waals surface area contributed by atoms with Crippen molar-refractivity contribution in [3.8, 4) is 0 Å². The first-order valence-corrected chi connectivity index (χ1v) is 6.67. The van der Waals surface area contributed by atoms with Crippen LogP contribution in [0.5, 0.6) is 0 Å². The van der Waals surface area contributed by atoms with E-state index in [0.29, 0.717) is 0 Å². The van der Waals surface area contributed by atoms with E-state index in [1.54, 1.807) is 0 Å². The van der Waals surface area contributed by atoms with E-state index < -0.39 is 0 Å². The van der Waals surface area contributed by atoms with Gasteiger partial charge in [-0.25, -0.2) is 4.98 Å². The smallest absolute Gasteiger partial charge is 0.125 e. The van der Waals surface area contributed by atoms with Gasteiger partial charge in [0.2, 0.25) is 0 Å². The molecule has 2 heterocycles. The topological polar surface area (TPSA) is 37.4 Å². The molecule has 1 saturated heterocycles. The van der Waals surface area contributed by atoms with Gasteiger partial charge in [0, 0.05) is 39.5 Å². The normalized spacial score (nSPS) is 17.1. The van der Waals surface area contributed by atoms with Crippen molar-refractivity contribution in [2.75, 3.05) is 39.2 Å². The molecule has 0 atom stereocenters. The number of aromatic nitrogens is 1. The molecule has 0 saturated carbocycles. The average Bonchev–Trinajstić information content (AvgIpc) is 2.40. The van der Waals surface area contributed by atoms with Crippen molar-refractivity contribution in [3.05, 3.63) is 23.9 Å². The molecule has 1 N–H and O–H groups in total. The summed E-state index contributed by atoms with van der Waals surface area (Å²) in [6.45, 7) is 3.99. The van der Waals surface area contributed by atoms with E-state index in [2.05, 4.69) is 34.4 Å². The second-order valence-corrected chi connectivity index (χ2v) is 5.05. The number of nitrogens with zero attached hydrogens (tertiary/aromatic N) is 2. The Hall–Kier alpha value is -1.13. The van der Waals surface area contributed by atoms with Crippen molar-refractivity contribution in [2.45, 2.75) is 19.4 Å². The van der Waals surface area contributed by atoms with Crippen LogP contribution in [0.25, 0.3) is 0 Å². The molecule has 0 amide bonds. The van der Waals surface area contributed by atoms with Crippen LogP contribution in [0.4, 0.5) is 5.82 Å². The maximum absolute atomic E-state index is 5.39. The number of pyridine rings is 1. The number of ether oxygens (including phenoxy) is 1. The van der Waals surface area contributed by atoms with E-state index >= 15 is 0 Å². The number of nitrogens with one attached hydrogen (secondary N) is 1. The van der Waals surface area contributed by atoms with Gasteiger partial charge >= 0.3 is 0 Å². The van der Waals surface area contributed by atoms with Crippen LogP contribution in [0.3, 0.4) is 0 Å². The zero-order valence-electron chi connectivity index (χ0n) is 11.4. The van der Waals surface area contributed by atoms with Crippen molar-refractivity contribution in [1.82, 2.24) is 9.88 Å². The van der Waals surface area contributed by atoms with Crippen LogP contribution >= 0.6 is 0 Å². The van der Waals surface area contributed by atoms with Gasteiger partial charge in [0.05, 0.1) is 0 Å². The van der Waals surface area contributed by atoms with Crippen molar-refractivity contribution in [1.29, 1.82) is 0 Å². The summed E-state index contributed by atoms with van der Waals surface area (Å²) in [5.41, 5.74) is 1.31. The Morgan fingerprint density at radius 1 is 1.44 bits per heavy atom. The molecule has 0 radical (unpaired) electrons. The van der Waals surface area contributed by atoms with E-state index in [1.165, 1.54) is 18.4 Å². The highest BCUT2D eigenvalue weighted by Crippen LogP contribution is 2.17. The van der Waals surface area contributed by atoms with E-state index in [-0.39, 0.29) is 0 Å². The predicted octanol–water partition coefficient (Wildman–Crippen LogP) is 1.98. The minimum Gasteiger partial charge on any atom is -0.381 e. The third-order valence-corrected chi connectivity index (χ3v) is 3.44. The van der Waals surface area contributed by atoms with E-state index in [0.717, 1.165) is 38.0 Å². The molecule has 0 unspecified atom stereocenters. The van der Waals surface area contributed by atoms with Gasteiger partial charge in [-0.1, -0.05) is 0 Å². The van der Waals surface area contributed by atoms with Crippen molar-refractivity contribution < 1.29 is 4.74 Å². The lowest BCUT2D eigenvalue weighted by molar-refractivity contribution is 0.0549. The van der Waals surface area contributed by atoms with Crippen molar-refractivity contribution >= 4 is 5.82 Å². The first-order chi connectivity index (χ1) is 8.78. The number of hydrogen-bond acceptors (Lipinski definition) is 4. The first kappa shape index (κ1) is 13.3. The van der Waals surface area contributed by atoms with Gasteiger partial charge in [-0.3, -0.25) is 0 Å². The summed E-state index contributed by atoms with van der Waals surface area (Å²) in [6.07, 6.45) is 4.26. The quantitative estimate of drug-likeness (QED) is 0.866. The van der Waals surface area contributed by atoms with Gasteiger partial charge in [0.25, 0.3) is 0 Å². The minimum absolute atomic E-state index is 0.786. The fourth-order valence-corrected chi connectivity index (χ4v) is 2.46. The summed E-state index contributed by atoms with van der Waals surface area (Å²) in [7, 11) is 4.09. The summed E-state index contributed by atoms with van der Waals surface area (Å²) >= 11 is 0. The van der Waals surface area contributed by atoms with E-state index in [4.69, 9.17) is 4.74 Å². The molecule has 1 aromatic rings. The van der Waals surface area contributed by atoms with Crippen LogP contribution in [-0.4, -0.2) is 43.7 Å². The molecule has 0 bridgehead atoms. The van der Waals surface area contributed by atoms with Crippen LogP contribution < -0.4 is 5.32 Å². The van der Waals surface area contributed by atoms with Gasteiger partial charge in [0.1, 0.15) is 5.82 Å². The zero-order valence-corrected chi connectivity index (χ0v) is 11.4. The molecule has 4 heteroatoms. The third kappa shape index (κ3) is 3.96. The molecule has 1 aliphatic heterocycles. The number of anilines is 1. The summed E-state index contributed by atoms with van der Waals surface area (Å²) < 4.78 is 5.39. The number of hydrogen-bond donors (Lipinski definition) is 1. The Balaban J connectivity index is 1.83. The third-order valence-electron chi connectivity index (χ3n) is 3.44. The molecular weight excluding hydrogens is 226 g/mol. The molecule has 100 valence electrons. The molecule has 0 spiro atoms. The second kappa shape index (κ2) is 6.71. The summed E-state index contributed by atoms with van der Waals surface area (Å²) in [4.78, 5) is 6.63. The molecule has 0 aliphatic carbocycles. The lowest BCUT2D eigenvalue weighted by atomic mass is 10.00. The Bertz CT molecular complexity index is 364. The summed E-state index contributed by atoms with van der Waals surface area (Å²) in [5, 5.41) is 3.08. The lowest BCUT2D eigenvalue weighted by Gasteiger charge is -2.27. The van der Waals surface area contributed by atoms with Crippen molar-refractivity contribution in [2.24, 2.45) is 5.92 Å². The van der Waals surface area contributed by atoms with Gasteiger partial charge in [0.15, 0.2) is 0 Å². The van der Waals surface area contributed by atoms with Gasteiger partial charge in [-0.05, 0) is 43.5 Å². The molecule has 4 nitrogen and oxygen atoms in total. The Morgan fingerprint density at radius 2 is 2.22 bits per heavy atom. The number of rotatable bonds is 5. The van der Waals surface area contributed by atoms with E-state index in [9.17, 15) is 0 Å². The fraction of sp³-hybridized carbons (Fsp3) is 0.643. The maximum atomic E-state index is 5.39. The molecule has 1 aromatic heterocycles. The second-order valence-electron chi connectivity index (χ2n) is 5.05. The highest BCUT2D eigenvalue weighted by molar-refractivity contribution is 5.36. The van der Waals surface area contributed by atoms with Crippen LogP contribution in [0.1, 0.15) is 18.4 Å². The highest BCUT2D eigenvalue weighted by atomic mass is 16.5. The zero-order chi connectivity index (χ0) is 12.8. The highest BCUT2D eigenvalue weighted by Gasteiger charge is 2.15. The van der Waals surface area contributed by atoms with Gasteiger partial charge in [-0.2, -0.15) is 0 Å². The average molecular weight is 249 g/mol. The van der Waals surface area contributed by atoms with Crippen LogP contribution in [-0.2, 0) is 11.3 Å². The van der Waals surface area contributed by atoms with Gasteiger partial charge < -0.3 is 15.0 Å². The van der Waals surface area contributed by atoms with Crippen LogP contribution in [0, 0.1) is 5.92 Å². The maximum Gasteiger partial charge on any atom is 0.125 e. The molecular formula is C14H23N3O. The monoisotopic (exact) mass is 249 g/mol. The van der Waals surface area contributed by atoms with Crippen molar-refractivity contribution in [3.63, 3.8) is 0 Å². The first-order valence-electron chi connectivity index (χ1n) is 6.67. The summed E-state index contributed by atoms with van der Waals surface area (Å²) in [6, 6.07) is 4.20. The molecule has 0 aromatic carbocycles. The Morgan fingerprint density at radius 3 is 2.94 bits per heavy atom.